The quantitative estimate of drug-likeness (QED) is 0.578. The Morgan fingerprint density at radius 1 is 1.00 bits per heavy atom. The Hall–Kier alpha value is -3.39. The van der Waals surface area contributed by atoms with Crippen LogP contribution in [0.1, 0.15) is 11.1 Å². The monoisotopic (exact) mass is 442 g/mol. The van der Waals surface area contributed by atoms with Crippen LogP contribution in [0.4, 0.5) is 10.1 Å². The summed E-state index contributed by atoms with van der Waals surface area (Å²) >= 11 is 0. The number of benzene rings is 3. The van der Waals surface area contributed by atoms with Crippen LogP contribution < -0.4 is 14.4 Å². The van der Waals surface area contributed by atoms with E-state index in [1.54, 1.807) is 66.7 Å². The molecule has 162 valence electrons. The van der Waals surface area contributed by atoms with Crippen LogP contribution in [0.5, 0.6) is 5.75 Å². The van der Waals surface area contributed by atoms with Crippen molar-refractivity contribution in [1.29, 1.82) is 0 Å². The van der Waals surface area contributed by atoms with Gasteiger partial charge in [-0.3, -0.25) is 9.10 Å². The van der Waals surface area contributed by atoms with Gasteiger partial charge in [-0.25, -0.2) is 12.8 Å². The van der Waals surface area contributed by atoms with E-state index >= 15 is 0 Å². The summed E-state index contributed by atoms with van der Waals surface area (Å²) in [6, 6.07) is 19.2. The highest BCUT2D eigenvalue weighted by Gasteiger charge is 2.21. The average molecular weight is 443 g/mol. The van der Waals surface area contributed by atoms with E-state index in [2.05, 4.69) is 5.32 Å². The lowest BCUT2D eigenvalue weighted by Gasteiger charge is -2.20. The van der Waals surface area contributed by atoms with Crippen LogP contribution in [-0.2, 0) is 21.4 Å². The number of rotatable bonds is 8. The van der Waals surface area contributed by atoms with Crippen molar-refractivity contribution >= 4 is 21.6 Å². The first-order valence-corrected chi connectivity index (χ1v) is 11.0. The first kappa shape index (κ1) is 22.3. The third kappa shape index (κ3) is 5.61. The van der Waals surface area contributed by atoms with Gasteiger partial charge in [0.1, 0.15) is 11.6 Å². The van der Waals surface area contributed by atoms with E-state index in [-0.39, 0.29) is 23.9 Å². The largest absolute Gasteiger partial charge is 0.484 e. The van der Waals surface area contributed by atoms with Gasteiger partial charge in [0, 0.05) is 19.2 Å². The third-order valence-electron chi connectivity index (χ3n) is 4.68. The molecule has 0 bridgehead atoms. The van der Waals surface area contributed by atoms with Crippen molar-refractivity contribution in [3.63, 3.8) is 0 Å². The zero-order chi connectivity index (χ0) is 22.4. The smallest absolute Gasteiger partial charge is 0.264 e. The summed E-state index contributed by atoms with van der Waals surface area (Å²) in [6.45, 7) is 1.71. The first-order chi connectivity index (χ1) is 14.8. The Labute approximate surface area is 181 Å². The average Bonchev–Trinajstić information content (AvgIpc) is 2.77. The van der Waals surface area contributed by atoms with E-state index in [1.165, 1.54) is 17.4 Å². The van der Waals surface area contributed by atoms with Gasteiger partial charge in [0.15, 0.2) is 6.61 Å². The number of carbonyl (C=O) groups excluding carboxylic acids is 1. The van der Waals surface area contributed by atoms with Gasteiger partial charge in [-0.05, 0) is 49.4 Å². The van der Waals surface area contributed by atoms with Crippen LogP contribution in [0.25, 0.3) is 0 Å². The van der Waals surface area contributed by atoms with Crippen molar-refractivity contribution in [3.8, 4) is 5.75 Å². The molecule has 0 saturated carbocycles. The molecule has 3 rings (SSSR count). The maximum absolute atomic E-state index is 13.6. The van der Waals surface area contributed by atoms with Crippen LogP contribution in [0.2, 0.25) is 0 Å². The van der Waals surface area contributed by atoms with Crippen LogP contribution in [0.15, 0.2) is 77.7 Å². The number of hydrogen-bond acceptors (Lipinski definition) is 4. The maximum atomic E-state index is 13.6. The summed E-state index contributed by atoms with van der Waals surface area (Å²) in [7, 11) is -2.21. The van der Waals surface area contributed by atoms with Crippen molar-refractivity contribution in [2.45, 2.75) is 18.4 Å². The zero-order valence-corrected chi connectivity index (χ0v) is 18.0. The molecule has 0 aliphatic carbocycles. The van der Waals surface area contributed by atoms with Crippen LogP contribution in [0, 0.1) is 12.7 Å². The second-order valence-electron chi connectivity index (χ2n) is 6.94. The van der Waals surface area contributed by atoms with E-state index in [0.717, 1.165) is 5.56 Å². The van der Waals surface area contributed by atoms with Crippen LogP contribution in [0.3, 0.4) is 0 Å². The fraction of sp³-hybridized carbons (Fsp3) is 0.174. The minimum absolute atomic E-state index is 0.0649. The van der Waals surface area contributed by atoms with Gasteiger partial charge in [0.05, 0.1) is 10.6 Å². The molecule has 0 radical (unpaired) electrons. The molecule has 31 heavy (non-hydrogen) atoms. The number of amides is 1. The molecule has 6 nitrogen and oxygen atoms in total. The summed E-state index contributed by atoms with van der Waals surface area (Å²) in [4.78, 5) is 12.1. The predicted molar refractivity (Wildman–Crippen MR) is 117 cm³/mol. The summed E-state index contributed by atoms with van der Waals surface area (Å²) < 4.78 is 45.7. The highest BCUT2D eigenvalue weighted by atomic mass is 32.2. The van der Waals surface area contributed by atoms with Crippen molar-refractivity contribution < 1.29 is 22.3 Å². The lowest BCUT2D eigenvalue weighted by molar-refractivity contribution is -0.123. The van der Waals surface area contributed by atoms with Gasteiger partial charge in [0.2, 0.25) is 0 Å². The van der Waals surface area contributed by atoms with E-state index in [4.69, 9.17) is 4.74 Å². The lowest BCUT2D eigenvalue weighted by atomic mass is 10.2. The number of nitrogens with one attached hydrogen (secondary N) is 1. The van der Waals surface area contributed by atoms with Crippen LogP contribution >= 0.6 is 0 Å². The van der Waals surface area contributed by atoms with Gasteiger partial charge >= 0.3 is 0 Å². The van der Waals surface area contributed by atoms with Gasteiger partial charge < -0.3 is 10.1 Å². The minimum Gasteiger partial charge on any atom is -0.484 e. The number of aryl methyl sites for hydroxylation is 1. The lowest BCUT2D eigenvalue weighted by Crippen LogP contribution is -2.28. The second kappa shape index (κ2) is 9.61. The Morgan fingerprint density at radius 2 is 1.65 bits per heavy atom. The molecule has 0 aliphatic rings. The molecule has 1 amide bonds. The Balaban J connectivity index is 1.56. The number of ether oxygens (including phenoxy) is 1. The van der Waals surface area contributed by atoms with Gasteiger partial charge in [-0.2, -0.15) is 0 Å². The van der Waals surface area contributed by atoms with E-state index in [0.29, 0.717) is 17.0 Å². The number of carbonyl (C=O) groups is 1. The molecule has 0 heterocycles. The molecule has 0 saturated heterocycles. The topological polar surface area (TPSA) is 75.7 Å². The number of nitrogens with zero attached hydrogens (tertiary/aromatic N) is 1. The van der Waals surface area contributed by atoms with Crippen molar-refractivity contribution in [1.82, 2.24) is 5.32 Å². The number of halogens is 1. The third-order valence-corrected chi connectivity index (χ3v) is 6.48. The SMILES string of the molecule is Cc1ccc(S(=O)(=O)N(C)c2ccc(OCC(=O)NCc3ccccc3F)cc2)cc1. The highest BCUT2D eigenvalue weighted by Crippen LogP contribution is 2.24. The Kier molecular flexibility index (Phi) is 6.91. The van der Waals surface area contributed by atoms with E-state index in [9.17, 15) is 17.6 Å². The van der Waals surface area contributed by atoms with E-state index in [1.807, 2.05) is 6.92 Å². The molecular formula is C23H23FN2O4S. The summed E-state index contributed by atoms with van der Waals surface area (Å²) in [5.74, 6) is -0.374. The number of hydrogen-bond donors (Lipinski definition) is 1. The molecule has 0 unspecified atom stereocenters. The molecule has 3 aromatic rings. The van der Waals surface area contributed by atoms with Crippen molar-refractivity contribution in [3.05, 3.63) is 89.7 Å². The van der Waals surface area contributed by atoms with Gasteiger partial charge in [0.25, 0.3) is 15.9 Å². The van der Waals surface area contributed by atoms with Crippen molar-refractivity contribution in [2.24, 2.45) is 0 Å². The van der Waals surface area contributed by atoms with Gasteiger partial charge in [-0.15, -0.1) is 0 Å². The fourth-order valence-electron chi connectivity index (χ4n) is 2.79. The second-order valence-corrected chi connectivity index (χ2v) is 8.91. The molecule has 1 N–H and O–H groups in total. The first-order valence-electron chi connectivity index (χ1n) is 9.56. The molecule has 0 aromatic heterocycles. The Morgan fingerprint density at radius 3 is 2.29 bits per heavy atom. The maximum Gasteiger partial charge on any atom is 0.264 e. The van der Waals surface area contributed by atoms with Crippen molar-refractivity contribution in [2.75, 3.05) is 18.0 Å². The predicted octanol–water partition coefficient (Wildman–Crippen LogP) is 3.65. The molecular weight excluding hydrogens is 419 g/mol. The molecule has 0 fully saturated rings. The highest BCUT2D eigenvalue weighted by molar-refractivity contribution is 7.92. The molecule has 0 atom stereocenters. The number of anilines is 1. The summed E-state index contributed by atoms with van der Waals surface area (Å²) in [6.07, 6.45) is 0. The number of sulfonamides is 1. The minimum atomic E-state index is -3.69. The normalized spacial score (nSPS) is 11.1. The molecule has 0 aliphatic heterocycles. The van der Waals surface area contributed by atoms with Gasteiger partial charge in [-0.1, -0.05) is 35.9 Å². The van der Waals surface area contributed by atoms with Crippen LogP contribution in [-0.4, -0.2) is 28.0 Å². The molecule has 0 spiro atoms. The molecule has 8 heteroatoms. The summed E-state index contributed by atoms with van der Waals surface area (Å²) in [5.41, 5.74) is 1.82. The Bertz CT molecular complexity index is 1150. The molecule has 3 aromatic carbocycles. The fourth-order valence-corrected chi connectivity index (χ4v) is 3.99. The standard InChI is InChI=1S/C23H23FN2O4S/c1-17-7-13-21(14-8-17)31(28,29)26(2)19-9-11-20(12-10-19)30-16-23(27)25-15-18-5-3-4-6-22(18)24/h3-14H,15-16H2,1-2H3,(H,25,27). The zero-order valence-electron chi connectivity index (χ0n) is 17.2. The van der Waals surface area contributed by atoms with E-state index < -0.39 is 15.9 Å². The summed E-state index contributed by atoms with van der Waals surface area (Å²) in [5, 5.41) is 2.59.